The number of pyridine rings is 1. The van der Waals surface area contributed by atoms with Crippen LogP contribution in [0, 0.1) is 17.5 Å². The van der Waals surface area contributed by atoms with Crippen molar-refractivity contribution in [3.05, 3.63) is 65.2 Å². The largest absolute Gasteiger partial charge is 0.306 e. The minimum atomic E-state index is -0.664. The smallest absolute Gasteiger partial charge is 0.141 e. The van der Waals surface area contributed by atoms with E-state index in [1.165, 1.54) is 24.4 Å². The van der Waals surface area contributed by atoms with Crippen molar-refractivity contribution in [1.29, 1.82) is 0 Å². The molecule has 1 heterocycles. The first-order chi connectivity index (χ1) is 9.61. The van der Waals surface area contributed by atoms with Crippen molar-refractivity contribution in [3.8, 4) is 0 Å². The van der Waals surface area contributed by atoms with Crippen LogP contribution in [0.15, 0.2) is 36.7 Å². The fourth-order valence-electron chi connectivity index (χ4n) is 2.02. The molecular weight excluding hydrogens is 265 g/mol. The molecule has 20 heavy (non-hydrogen) atoms. The van der Waals surface area contributed by atoms with E-state index in [1.807, 2.05) is 6.92 Å². The van der Waals surface area contributed by atoms with Gasteiger partial charge in [-0.1, -0.05) is 13.0 Å². The summed E-state index contributed by atoms with van der Waals surface area (Å²) in [5, 5.41) is 3.12. The molecule has 2 nitrogen and oxygen atoms in total. The first kappa shape index (κ1) is 14.5. The first-order valence-electron chi connectivity index (χ1n) is 6.40. The lowest BCUT2D eigenvalue weighted by Gasteiger charge is -2.20. The third kappa shape index (κ3) is 3.36. The van der Waals surface area contributed by atoms with Crippen molar-refractivity contribution < 1.29 is 13.2 Å². The van der Waals surface area contributed by atoms with E-state index in [0.717, 1.165) is 18.7 Å². The number of nitrogens with zero attached hydrogens (tertiary/aromatic N) is 1. The summed E-state index contributed by atoms with van der Waals surface area (Å²) in [4.78, 5) is 3.77. The van der Waals surface area contributed by atoms with Gasteiger partial charge in [-0.2, -0.15) is 0 Å². The van der Waals surface area contributed by atoms with Crippen molar-refractivity contribution in [3.63, 3.8) is 0 Å². The normalized spacial score (nSPS) is 12.4. The molecule has 0 aliphatic carbocycles. The highest BCUT2D eigenvalue weighted by Gasteiger charge is 2.18. The van der Waals surface area contributed by atoms with Gasteiger partial charge in [0.05, 0.1) is 12.2 Å². The summed E-state index contributed by atoms with van der Waals surface area (Å²) < 4.78 is 40.2. The van der Waals surface area contributed by atoms with E-state index in [4.69, 9.17) is 0 Å². The van der Waals surface area contributed by atoms with Crippen molar-refractivity contribution in [2.24, 2.45) is 0 Å². The van der Waals surface area contributed by atoms with Crippen molar-refractivity contribution in [1.82, 2.24) is 10.3 Å². The molecule has 0 aliphatic heterocycles. The number of hydrogen-bond donors (Lipinski definition) is 1. The van der Waals surface area contributed by atoms with E-state index in [1.54, 1.807) is 0 Å². The summed E-state index contributed by atoms with van der Waals surface area (Å²) in [6.45, 7) is 2.59. The Balaban J connectivity index is 2.41. The van der Waals surface area contributed by atoms with Crippen LogP contribution >= 0.6 is 0 Å². The third-order valence-corrected chi connectivity index (χ3v) is 2.93. The van der Waals surface area contributed by atoms with Crippen molar-refractivity contribution in [2.75, 3.05) is 6.54 Å². The molecule has 0 saturated carbocycles. The van der Waals surface area contributed by atoms with E-state index < -0.39 is 23.5 Å². The Kier molecular flexibility index (Phi) is 4.74. The maximum Gasteiger partial charge on any atom is 0.141 e. The number of hydrogen-bond acceptors (Lipinski definition) is 2. The first-order valence-corrected chi connectivity index (χ1v) is 6.40. The van der Waals surface area contributed by atoms with Crippen LogP contribution in [0.25, 0.3) is 0 Å². The van der Waals surface area contributed by atoms with Gasteiger partial charge in [0.15, 0.2) is 0 Å². The van der Waals surface area contributed by atoms with Crippen molar-refractivity contribution >= 4 is 0 Å². The lowest BCUT2D eigenvalue weighted by molar-refractivity contribution is 0.528. The predicted octanol–water partition coefficient (Wildman–Crippen LogP) is 3.59. The van der Waals surface area contributed by atoms with Gasteiger partial charge < -0.3 is 5.32 Å². The number of nitrogens with one attached hydrogen (secondary N) is 1. The topological polar surface area (TPSA) is 24.9 Å². The van der Waals surface area contributed by atoms with Gasteiger partial charge in [-0.25, -0.2) is 13.2 Å². The van der Waals surface area contributed by atoms with Crippen molar-refractivity contribution in [2.45, 2.75) is 19.4 Å². The fraction of sp³-hybridized carbons (Fsp3) is 0.267. The van der Waals surface area contributed by atoms with Gasteiger partial charge in [0, 0.05) is 17.8 Å². The van der Waals surface area contributed by atoms with Gasteiger partial charge >= 0.3 is 0 Å². The number of halogens is 3. The Morgan fingerprint density at radius 1 is 1.10 bits per heavy atom. The second kappa shape index (κ2) is 6.52. The monoisotopic (exact) mass is 280 g/mol. The van der Waals surface area contributed by atoms with Crippen LogP contribution in [0.1, 0.15) is 30.5 Å². The summed E-state index contributed by atoms with van der Waals surface area (Å²) in [7, 11) is 0. The predicted molar refractivity (Wildman–Crippen MR) is 70.7 cm³/mol. The van der Waals surface area contributed by atoms with Gasteiger partial charge in [-0.3, -0.25) is 4.98 Å². The Morgan fingerprint density at radius 3 is 2.55 bits per heavy atom. The summed E-state index contributed by atoms with van der Waals surface area (Å²) in [5.74, 6) is -1.80. The highest BCUT2D eigenvalue weighted by molar-refractivity contribution is 5.31. The average Bonchev–Trinajstić information content (AvgIpc) is 2.41. The van der Waals surface area contributed by atoms with Crippen LogP contribution in [0.2, 0.25) is 0 Å². The Labute approximate surface area is 115 Å². The molecule has 106 valence electrons. The minimum Gasteiger partial charge on any atom is -0.306 e. The average molecular weight is 280 g/mol. The van der Waals surface area contributed by atoms with Crippen LogP contribution in [-0.2, 0) is 0 Å². The summed E-state index contributed by atoms with van der Waals surface area (Å²) in [5.41, 5.74) is 0.774. The maximum atomic E-state index is 13.9. The zero-order valence-corrected chi connectivity index (χ0v) is 11.0. The molecule has 1 unspecified atom stereocenters. The Hall–Kier alpha value is -1.88. The van der Waals surface area contributed by atoms with E-state index in [9.17, 15) is 13.2 Å². The molecule has 1 aromatic carbocycles. The molecule has 0 bridgehead atoms. The number of rotatable bonds is 5. The lowest BCUT2D eigenvalue weighted by atomic mass is 9.99. The molecule has 5 heteroatoms. The van der Waals surface area contributed by atoms with Gasteiger partial charge in [0.2, 0.25) is 0 Å². The Bertz CT molecular complexity index is 587. The SMILES string of the molecule is CCCNC(c1cncc(F)c1)c1ccc(F)cc1F. The zero-order chi connectivity index (χ0) is 14.5. The lowest BCUT2D eigenvalue weighted by Crippen LogP contribution is -2.24. The summed E-state index contributed by atoms with van der Waals surface area (Å²) >= 11 is 0. The maximum absolute atomic E-state index is 13.9. The van der Waals surface area contributed by atoms with Crippen LogP contribution in [0.3, 0.4) is 0 Å². The Morgan fingerprint density at radius 2 is 1.90 bits per heavy atom. The molecule has 0 radical (unpaired) electrons. The van der Waals surface area contributed by atoms with Gasteiger partial charge in [0.1, 0.15) is 17.5 Å². The second-order valence-electron chi connectivity index (χ2n) is 4.49. The number of benzene rings is 1. The van der Waals surface area contributed by atoms with E-state index >= 15 is 0 Å². The standard InChI is InChI=1S/C15H15F3N2/c1-2-5-20-15(10-6-12(17)9-19-8-10)13-4-3-11(16)7-14(13)18/h3-4,6-9,15,20H,2,5H2,1H3. The quantitative estimate of drug-likeness (QED) is 0.905. The summed E-state index contributed by atoms with van der Waals surface area (Å²) in [6, 6.07) is 4.11. The molecule has 0 amide bonds. The molecule has 0 aliphatic rings. The molecule has 2 aromatic rings. The number of aromatic nitrogens is 1. The summed E-state index contributed by atoms with van der Waals surface area (Å²) in [6.07, 6.45) is 3.39. The van der Waals surface area contributed by atoms with Crippen LogP contribution in [0.4, 0.5) is 13.2 Å². The molecule has 1 aromatic heterocycles. The van der Waals surface area contributed by atoms with Gasteiger partial charge in [-0.05, 0) is 30.7 Å². The fourth-order valence-corrected chi connectivity index (χ4v) is 2.02. The molecule has 0 fully saturated rings. The third-order valence-electron chi connectivity index (χ3n) is 2.93. The molecular formula is C15H15F3N2. The zero-order valence-electron chi connectivity index (χ0n) is 11.0. The van der Waals surface area contributed by atoms with Crippen LogP contribution in [0.5, 0.6) is 0 Å². The molecule has 0 saturated heterocycles. The van der Waals surface area contributed by atoms with E-state index in [-0.39, 0.29) is 5.56 Å². The van der Waals surface area contributed by atoms with E-state index in [0.29, 0.717) is 12.1 Å². The second-order valence-corrected chi connectivity index (χ2v) is 4.49. The molecule has 1 atom stereocenters. The minimum absolute atomic E-state index is 0.271. The highest BCUT2D eigenvalue weighted by atomic mass is 19.1. The molecule has 0 spiro atoms. The molecule has 1 N–H and O–H groups in total. The van der Waals surface area contributed by atoms with Gasteiger partial charge in [-0.15, -0.1) is 0 Å². The van der Waals surface area contributed by atoms with Crippen LogP contribution < -0.4 is 5.32 Å². The van der Waals surface area contributed by atoms with E-state index in [2.05, 4.69) is 10.3 Å². The van der Waals surface area contributed by atoms with Gasteiger partial charge in [0.25, 0.3) is 0 Å². The molecule has 2 rings (SSSR count). The van der Waals surface area contributed by atoms with Crippen LogP contribution in [-0.4, -0.2) is 11.5 Å². The highest BCUT2D eigenvalue weighted by Crippen LogP contribution is 2.25.